The summed E-state index contributed by atoms with van der Waals surface area (Å²) in [4.78, 5) is 38.4. The van der Waals surface area contributed by atoms with E-state index in [2.05, 4.69) is 27.1 Å². The molecule has 1 saturated heterocycles. The molecule has 1 N–H and O–H groups in total. The van der Waals surface area contributed by atoms with Gasteiger partial charge in [0.25, 0.3) is 5.91 Å². The van der Waals surface area contributed by atoms with Crippen molar-refractivity contribution < 1.29 is 14.3 Å². The zero-order chi connectivity index (χ0) is 21.1. The second kappa shape index (κ2) is 8.46. The third-order valence-corrected chi connectivity index (χ3v) is 5.13. The second-order valence-electron chi connectivity index (χ2n) is 7.20. The Morgan fingerprint density at radius 2 is 1.57 bits per heavy atom. The first-order chi connectivity index (χ1) is 14.5. The van der Waals surface area contributed by atoms with Gasteiger partial charge in [-0.05, 0) is 43.4 Å². The van der Waals surface area contributed by atoms with Crippen molar-refractivity contribution in [1.29, 1.82) is 0 Å². The highest BCUT2D eigenvalue weighted by Crippen LogP contribution is 2.23. The predicted molar refractivity (Wildman–Crippen MR) is 115 cm³/mol. The van der Waals surface area contributed by atoms with E-state index in [1.807, 2.05) is 24.3 Å². The first kappa shape index (κ1) is 19.8. The Balaban J connectivity index is 1.65. The Bertz CT molecular complexity index is 1080. The molecule has 0 saturated carbocycles. The Hall–Kier alpha value is -3.52. The van der Waals surface area contributed by atoms with Crippen molar-refractivity contribution in [3.05, 3.63) is 59.8 Å². The van der Waals surface area contributed by atoms with Crippen LogP contribution in [0.4, 0.5) is 11.5 Å². The van der Waals surface area contributed by atoms with Gasteiger partial charge in [0.15, 0.2) is 11.5 Å². The fourth-order valence-electron chi connectivity index (χ4n) is 3.38. The van der Waals surface area contributed by atoms with Gasteiger partial charge in [0, 0.05) is 31.9 Å². The minimum absolute atomic E-state index is 0.287. The van der Waals surface area contributed by atoms with E-state index in [1.54, 1.807) is 24.3 Å². The van der Waals surface area contributed by atoms with E-state index in [4.69, 9.17) is 9.72 Å². The molecule has 1 aromatic heterocycles. The Kier molecular flexibility index (Phi) is 5.58. The lowest BCUT2D eigenvalue weighted by Crippen LogP contribution is -2.45. The van der Waals surface area contributed by atoms with Crippen LogP contribution in [0, 0.1) is 0 Å². The van der Waals surface area contributed by atoms with Crippen molar-refractivity contribution in [1.82, 2.24) is 14.9 Å². The molecule has 1 aliphatic rings. The lowest BCUT2D eigenvalue weighted by atomic mass is 10.2. The van der Waals surface area contributed by atoms with Gasteiger partial charge < -0.3 is 19.9 Å². The fourth-order valence-corrected chi connectivity index (χ4v) is 3.38. The van der Waals surface area contributed by atoms with Crippen molar-refractivity contribution in [3.63, 3.8) is 0 Å². The van der Waals surface area contributed by atoms with Crippen LogP contribution in [0.2, 0.25) is 0 Å². The summed E-state index contributed by atoms with van der Waals surface area (Å²) in [5, 5.41) is 2.86. The van der Waals surface area contributed by atoms with E-state index < -0.39 is 5.97 Å². The lowest BCUT2D eigenvalue weighted by molar-refractivity contribution is 0.0600. The number of carbonyl (C=O) groups is 2. The maximum Gasteiger partial charge on any atom is 0.337 e. The molecule has 2 aromatic carbocycles. The molecule has 8 heteroatoms. The van der Waals surface area contributed by atoms with Gasteiger partial charge in [0.1, 0.15) is 0 Å². The van der Waals surface area contributed by atoms with Crippen molar-refractivity contribution in [2.45, 2.75) is 0 Å². The number of nitrogens with one attached hydrogen (secondary N) is 1. The number of piperazine rings is 1. The van der Waals surface area contributed by atoms with Crippen LogP contribution >= 0.6 is 0 Å². The molecule has 1 aliphatic heterocycles. The molecule has 0 aliphatic carbocycles. The van der Waals surface area contributed by atoms with Gasteiger partial charge in [-0.3, -0.25) is 4.79 Å². The molecule has 1 amide bonds. The van der Waals surface area contributed by atoms with Crippen molar-refractivity contribution in [3.8, 4) is 0 Å². The number of anilines is 2. The number of ether oxygens (including phenoxy) is 1. The highest BCUT2D eigenvalue weighted by molar-refractivity contribution is 6.07. The highest BCUT2D eigenvalue weighted by atomic mass is 16.5. The van der Waals surface area contributed by atoms with E-state index in [-0.39, 0.29) is 11.6 Å². The van der Waals surface area contributed by atoms with E-state index in [9.17, 15) is 9.59 Å². The summed E-state index contributed by atoms with van der Waals surface area (Å²) >= 11 is 0. The Labute approximate surface area is 174 Å². The van der Waals surface area contributed by atoms with E-state index in [0.29, 0.717) is 22.6 Å². The van der Waals surface area contributed by atoms with Gasteiger partial charge in [0.2, 0.25) is 0 Å². The summed E-state index contributed by atoms with van der Waals surface area (Å²) in [6.45, 7) is 3.34. The van der Waals surface area contributed by atoms with Crippen LogP contribution in [0.1, 0.15) is 20.8 Å². The summed E-state index contributed by atoms with van der Waals surface area (Å²) < 4.78 is 4.70. The number of methoxy groups -OCH3 is 1. The smallest absolute Gasteiger partial charge is 0.337 e. The molecule has 2 heterocycles. The van der Waals surface area contributed by atoms with Crippen LogP contribution in [0.25, 0.3) is 11.0 Å². The van der Waals surface area contributed by atoms with Crippen LogP contribution in [-0.2, 0) is 4.74 Å². The highest BCUT2D eigenvalue weighted by Gasteiger charge is 2.24. The number of amides is 1. The number of carbonyl (C=O) groups excluding carboxylic acids is 2. The number of fused-ring (bicyclic) bond motifs is 1. The molecule has 8 nitrogen and oxygen atoms in total. The second-order valence-corrected chi connectivity index (χ2v) is 7.20. The molecule has 3 aromatic rings. The average Bonchev–Trinajstić information content (AvgIpc) is 2.78. The summed E-state index contributed by atoms with van der Waals surface area (Å²) in [6.07, 6.45) is 0. The topological polar surface area (TPSA) is 87.7 Å². The number of para-hydroxylation sites is 2. The lowest BCUT2D eigenvalue weighted by Gasteiger charge is -2.33. The minimum atomic E-state index is -0.425. The number of hydrogen-bond donors (Lipinski definition) is 1. The first-order valence-corrected chi connectivity index (χ1v) is 9.75. The van der Waals surface area contributed by atoms with E-state index in [0.717, 1.165) is 31.7 Å². The molecule has 154 valence electrons. The number of nitrogens with zero attached hydrogens (tertiary/aromatic N) is 4. The summed E-state index contributed by atoms with van der Waals surface area (Å²) in [5.41, 5.74) is 2.69. The summed E-state index contributed by atoms with van der Waals surface area (Å²) in [5.74, 6) is -0.177. The molecule has 0 atom stereocenters. The van der Waals surface area contributed by atoms with Crippen molar-refractivity contribution in [2.75, 3.05) is 50.6 Å². The van der Waals surface area contributed by atoms with Gasteiger partial charge in [0.05, 0.1) is 23.7 Å². The van der Waals surface area contributed by atoms with Crippen molar-refractivity contribution >= 4 is 34.4 Å². The first-order valence-electron chi connectivity index (χ1n) is 9.75. The quantitative estimate of drug-likeness (QED) is 0.667. The molecule has 0 unspecified atom stereocenters. The zero-order valence-electron chi connectivity index (χ0n) is 17.0. The normalized spacial score (nSPS) is 14.5. The van der Waals surface area contributed by atoms with Crippen LogP contribution in [0.5, 0.6) is 0 Å². The summed E-state index contributed by atoms with van der Waals surface area (Å²) in [7, 11) is 3.41. The average molecular weight is 405 g/mol. The van der Waals surface area contributed by atoms with Crippen molar-refractivity contribution in [2.24, 2.45) is 0 Å². The van der Waals surface area contributed by atoms with Gasteiger partial charge in [-0.15, -0.1) is 0 Å². The molecular weight excluding hydrogens is 382 g/mol. The van der Waals surface area contributed by atoms with Gasteiger partial charge in [-0.25, -0.2) is 14.8 Å². The molecule has 1 fully saturated rings. The number of esters is 1. The standard InChI is InChI=1S/C22H23N5O3/c1-26-11-13-27(14-12-26)20-19(24-17-5-3-4-6-18(17)25-20)21(28)23-16-9-7-15(8-10-16)22(29)30-2/h3-10H,11-14H2,1-2H3,(H,23,28). The molecule has 0 spiro atoms. The van der Waals surface area contributed by atoms with Crippen LogP contribution in [0.3, 0.4) is 0 Å². The number of aromatic nitrogens is 2. The molecule has 0 bridgehead atoms. The molecule has 4 rings (SSSR count). The van der Waals surface area contributed by atoms with Crippen LogP contribution < -0.4 is 10.2 Å². The largest absolute Gasteiger partial charge is 0.465 e. The van der Waals surface area contributed by atoms with E-state index >= 15 is 0 Å². The van der Waals surface area contributed by atoms with Crippen LogP contribution in [-0.4, -0.2) is 67.1 Å². The minimum Gasteiger partial charge on any atom is -0.465 e. The number of benzene rings is 2. The Morgan fingerprint density at radius 1 is 0.933 bits per heavy atom. The molecule has 0 radical (unpaired) electrons. The third kappa shape index (κ3) is 4.08. The predicted octanol–water partition coefficient (Wildman–Crippen LogP) is 2.42. The maximum atomic E-state index is 13.1. The van der Waals surface area contributed by atoms with Crippen LogP contribution in [0.15, 0.2) is 48.5 Å². The van der Waals surface area contributed by atoms with Gasteiger partial charge in [-0.2, -0.15) is 0 Å². The van der Waals surface area contributed by atoms with E-state index in [1.165, 1.54) is 7.11 Å². The monoisotopic (exact) mass is 405 g/mol. The third-order valence-electron chi connectivity index (χ3n) is 5.13. The molecule has 30 heavy (non-hydrogen) atoms. The SMILES string of the molecule is COC(=O)c1ccc(NC(=O)c2nc3ccccc3nc2N2CCN(C)CC2)cc1. The number of rotatable bonds is 4. The number of likely N-dealkylation sites (N-methyl/N-ethyl adjacent to an activating group) is 1. The van der Waals surface area contributed by atoms with Gasteiger partial charge in [-0.1, -0.05) is 12.1 Å². The summed E-state index contributed by atoms with van der Waals surface area (Å²) in [6, 6.07) is 14.1. The maximum absolute atomic E-state index is 13.1. The van der Waals surface area contributed by atoms with Gasteiger partial charge >= 0.3 is 5.97 Å². The number of hydrogen-bond acceptors (Lipinski definition) is 7. The Morgan fingerprint density at radius 3 is 2.20 bits per heavy atom. The fraction of sp³-hybridized carbons (Fsp3) is 0.273. The zero-order valence-corrected chi connectivity index (χ0v) is 17.0. The molecular formula is C22H23N5O3.